The summed E-state index contributed by atoms with van der Waals surface area (Å²) in [4.78, 5) is 16.5. The van der Waals surface area contributed by atoms with E-state index in [2.05, 4.69) is 26.2 Å². The lowest BCUT2D eigenvalue weighted by Crippen LogP contribution is -2.19. The second kappa shape index (κ2) is 6.11. The van der Waals surface area contributed by atoms with Crippen LogP contribution in [0.3, 0.4) is 0 Å². The van der Waals surface area contributed by atoms with E-state index in [4.69, 9.17) is 18.0 Å². The molecule has 0 radical (unpaired) electrons. The summed E-state index contributed by atoms with van der Waals surface area (Å²) in [5.41, 5.74) is 8.03. The third kappa shape index (κ3) is 3.20. The maximum absolute atomic E-state index is 12.2. The molecule has 0 unspecified atom stereocenters. The highest BCUT2D eigenvalue weighted by Gasteiger charge is 2.13. The molecule has 0 aliphatic rings. The second-order valence-corrected chi connectivity index (χ2v) is 5.53. The monoisotopic (exact) mass is 349 g/mol. The van der Waals surface area contributed by atoms with E-state index in [9.17, 15) is 4.79 Å². The Bertz CT molecular complexity index is 688. The topological polar surface area (TPSA) is 68.0 Å². The van der Waals surface area contributed by atoms with Crippen LogP contribution in [0.2, 0.25) is 0 Å². The molecule has 0 saturated heterocycles. The van der Waals surface area contributed by atoms with Crippen molar-refractivity contribution < 1.29 is 4.79 Å². The minimum Gasteiger partial charge on any atom is -0.389 e. The third-order valence-corrected chi connectivity index (χ3v) is 3.43. The summed E-state index contributed by atoms with van der Waals surface area (Å²) in [5, 5.41) is 2.79. The Morgan fingerprint density at radius 2 is 2.15 bits per heavy atom. The van der Waals surface area contributed by atoms with E-state index >= 15 is 0 Å². The number of halogens is 1. The molecule has 1 aromatic heterocycles. The Morgan fingerprint density at radius 3 is 2.80 bits per heavy atom. The van der Waals surface area contributed by atoms with Gasteiger partial charge in [0.25, 0.3) is 5.91 Å². The zero-order chi connectivity index (χ0) is 14.7. The fraction of sp³-hybridized carbons (Fsp3) is 0.0714. The molecule has 0 atom stereocenters. The molecule has 1 heterocycles. The molecule has 2 rings (SSSR count). The molecule has 0 bridgehead atoms. The van der Waals surface area contributed by atoms with Crippen LogP contribution < -0.4 is 11.1 Å². The van der Waals surface area contributed by atoms with E-state index in [0.717, 1.165) is 10.0 Å². The van der Waals surface area contributed by atoms with E-state index in [-0.39, 0.29) is 10.9 Å². The van der Waals surface area contributed by atoms with Crippen LogP contribution in [0.5, 0.6) is 0 Å². The first-order valence-corrected chi connectivity index (χ1v) is 7.01. The number of nitrogens with one attached hydrogen (secondary N) is 1. The summed E-state index contributed by atoms with van der Waals surface area (Å²) in [6.07, 6.45) is 1.58. The predicted molar refractivity (Wildman–Crippen MR) is 87.0 cm³/mol. The van der Waals surface area contributed by atoms with Gasteiger partial charge >= 0.3 is 0 Å². The summed E-state index contributed by atoms with van der Waals surface area (Å²) in [5.74, 6) is -0.289. The highest BCUT2D eigenvalue weighted by Crippen LogP contribution is 2.21. The van der Waals surface area contributed by atoms with Crippen LogP contribution in [0.15, 0.2) is 41.0 Å². The lowest BCUT2D eigenvalue weighted by Gasteiger charge is -2.11. The summed E-state index contributed by atoms with van der Waals surface area (Å²) < 4.78 is 0.840. The third-order valence-electron chi connectivity index (χ3n) is 2.72. The lowest BCUT2D eigenvalue weighted by atomic mass is 10.1. The Labute approximate surface area is 130 Å². The van der Waals surface area contributed by atoms with Gasteiger partial charge in [-0.1, -0.05) is 34.2 Å². The Hall–Kier alpha value is -1.79. The van der Waals surface area contributed by atoms with Gasteiger partial charge < -0.3 is 11.1 Å². The maximum atomic E-state index is 12.2. The van der Waals surface area contributed by atoms with Crippen molar-refractivity contribution in [3.05, 3.63) is 57.8 Å². The minimum atomic E-state index is -0.289. The number of rotatable bonds is 3. The van der Waals surface area contributed by atoms with Gasteiger partial charge in [-0.3, -0.25) is 9.78 Å². The first-order valence-electron chi connectivity index (χ1n) is 5.81. The molecule has 0 fully saturated rings. The molecule has 0 aliphatic carbocycles. The molecule has 1 aromatic carbocycles. The summed E-state index contributed by atoms with van der Waals surface area (Å²) in [6, 6.07) is 8.94. The SMILES string of the molecule is Cc1cccnc1C(=O)Nc1ccc(Br)cc1C(N)=S. The number of hydrogen-bond acceptors (Lipinski definition) is 3. The second-order valence-electron chi connectivity index (χ2n) is 4.18. The number of hydrogen-bond donors (Lipinski definition) is 2. The van der Waals surface area contributed by atoms with Crippen LogP contribution >= 0.6 is 28.1 Å². The van der Waals surface area contributed by atoms with E-state index in [1.165, 1.54) is 0 Å². The Morgan fingerprint density at radius 1 is 1.40 bits per heavy atom. The smallest absolute Gasteiger partial charge is 0.274 e. The van der Waals surface area contributed by atoms with Gasteiger partial charge in [0, 0.05) is 16.2 Å². The van der Waals surface area contributed by atoms with E-state index in [1.54, 1.807) is 24.4 Å². The van der Waals surface area contributed by atoms with Crippen molar-refractivity contribution in [3.8, 4) is 0 Å². The first-order chi connectivity index (χ1) is 9.49. The summed E-state index contributed by atoms with van der Waals surface area (Å²) >= 11 is 8.34. The van der Waals surface area contributed by atoms with Crippen LogP contribution in [0.25, 0.3) is 0 Å². The number of amides is 1. The Balaban J connectivity index is 2.33. The van der Waals surface area contributed by atoms with Crippen molar-refractivity contribution in [2.45, 2.75) is 6.92 Å². The van der Waals surface area contributed by atoms with Crippen LogP contribution in [-0.4, -0.2) is 15.9 Å². The van der Waals surface area contributed by atoms with Gasteiger partial charge in [0.15, 0.2) is 0 Å². The highest BCUT2D eigenvalue weighted by atomic mass is 79.9. The first kappa shape index (κ1) is 14.6. The van der Waals surface area contributed by atoms with Crippen molar-refractivity contribution >= 4 is 44.7 Å². The number of anilines is 1. The van der Waals surface area contributed by atoms with Crippen LogP contribution in [0, 0.1) is 6.92 Å². The molecule has 102 valence electrons. The fourth-order valence-electron chi connectivity index (χ4n) is 1.73. The number of aromatic nitrogens is 1. The summed E-state index contributed by atoms with van der Waals surface area (Å²) in [7, 11) is 0. The number of benzene rings is 1. The lowest BCUT2D eigenvalue weighted by molar-refractivity contribution is 0.102. The number of carbonyl (C=O) groups excluding carboxylic acids is 1. The molecule has 0 aliphatic heterocycles. The number of thiocarbonyl (C=S) groups is 1. The number of pyridine rings is 1. The molecule has 0 spiro atoms. The van der Waals surface area contributed by atoms with Crippen molar-refractivity contribution in [3.63, 3.8) is 0 Å². The largest absolute Gasteiger partial charge is 0.389 e. The van der Waals surface area contributed by atoms with Gasteiger partial charge in [-0.15, -0.1) is 0 Å². The van der Waals surface area contributed by atoms with Crippen molar-refractivity contribution in [1.82, 2.24) is 4.98 Å². The van der Waals surface area contributed by atoms with Crippen LogP contribution in [0.1, 0.15) is 21.6 Å². The van der Waals surface area contributed by atoms with Gasteiger partial charge in [0.2, 0.25) is 0 Å². The van der Waals surface area contributed by atoms with Crippen molar-refractivity contribution in [1.29, 1.82) is 0 Å². The average Bonchev–Trinajstić information content (AvgIpc) is 2.41. The zero-order valence-electron chi connectivity index (χ0n) is 10.7. The Kier molecular flexibility index (Phi) is 4.46. The molecule has 0 saturated carbocycles. The van der Waals surface area contributed by atoms with Gasteiger partial charge in [-0.05, 0) is 36.8 Å². The molecular weight excluding hydrogens is 338 g/mol. The van der Waals surface area contributed by atoms with Gasteiger partial charge in [-0.2, -0.15) is 0 Å². The summed E-state index contributed by atoms with van der Waals surface area (Å²) in [6.45, 7) is 1.83. The number of carbonyl (C=O) groups is 1. The number of nitrogens with zero attached hydrogens (tertiary/aromatic N) is 1. The number of aryl methyl sites for hydroxylation is 1. The molecule has 1 amide bonds. The van der Waals surface area contributed by atoms with Gasteiger partial charge in [-0.25, -0.2) is 0 Å². The minimum absolute atomic E-state index is 0.222. The molecule has 3 N–H and O–H groups in total. The zero-order valence-corrected chi connectivity index (χ0v) is 13.1. The predicted octanol–water partition coefficient (Wildman–Crippen LogP) is 3.04. The van der Waals surface area contributed by atoms with E-state index < -0.39 is 0 Å². The van der Waals surface area contributed by atoms with Crippen LogP contribution in [-0.2, 0) is 0 Å². The molecule has 6 heteroatoms. The van der Waals surface area contributed by atoms with Gasteiger partial charge in [0.1, 0.15) is 10.7 Å². The maximum Gasteiger partial charge on any atom is 0.274 e. The van der Waals surface area contributed by atoms with E-state index in [1.807, 2.05) is 19.1 Å². The van der Waals surface area contributed by atoms with Crippen molar-refractivity contribution in [2.75, 3.05) is 5.32 Å². The van der Waals surface area contributed by atoms with Gasteiger partial charge in [0.05, 0.1) is 5.69 Å². The quantitative estimate of drug-likeness (QED) is 0.835. The fourth-order valence-corrected chi connectivity index (χ4v) is 2.26. The normalized spacial score (nSPS) is 10.1. The van der Waals surface area contributed by atoms with E-state index in [0.29, 0.717) is 16.9 Å². The molecular formula is C14H12BrN3OS. The number of nitrogens with two attached hydrogens (primary N) is 1. The van der Waals surface area contributed by atoms with Crippen LogP contribution in [0.4, 0.5) is 5.69 Å². The molecule has 20 heavy (non-hydrogen) atoms. The standard InChI is InChI=1S/C14H12BrN3OS/c1-8-3-2-6-17-12(8)14(19)18-11-5-4-9(15)7-10(11)13(16)20/h2-7H,1H3,(H2,16,20)(H,18,19). The molecule has 4 nitrogen and oxygen atoms in total. The highest BCUT2D eigenvalue weighted by molar-refractivity contribution is 9.10. The molecule has 2 aromatic rings. The van der Waals surface area contributed by atoms with Crippen molar-refractivity contribution in [2.24, 2.45) is 5.73 Å². The average molecular weight is 350 g/mol.